The summed E-state index contributed by atoms with van der Waals surface area (Å²) in [5.41, 5.74) is 4.73. The monoisotopic (exact) mass is 425 g/mol. The van der Waals surface area contributed by atoms with Crippen LogP contribution >= 0.6 is 0 Å². The van der Waals surface area contributed by atoms with E-state index in [1.165, 1.54) is 13.2 Å². The van der Waals surface area contributed by atoms with Gasteiger partial charge in [0.2, 0.25) is 11.7 Å². The van der Waals surface area contributed by atoms with Gasteiger partial charge in [-0.2, -0.15) is 0 Å². The number of ether oxygens (including phenoxy) is 1. The van der Waals surface area contributed by atoms with E-state index in [1.807, 2.05) is 0 Å². The van der Waals surface area contributed by atoms with Crippen LogP contribution in [0.2, 0.25) is 0 Å². The Balaban J connectivity index is 2.51. The van der Waals surface area contributed by atoms with Crippen molar-refractivity contribution in [1.29, 1.82) is 0 Å². The minimum absolute atomic E-state index is 0.0597. The standard InChI is InChI=1S/C15H12F5N3O4S/c1-27-8-3-2-6(4-7(8)22-9(24)5-21)23-28(25,26)15-13(19)11(17)10(16)12(18)14(15)20/h2-4,23H,5,21H2,1H3,(H,22,24). The van der Waals surface area contributed by atoms with E-state index in [4.69, 9.17) is 10.5 Å². The molecule has 1 amide bonds. The quantitative estimate of drug-likeness (QED) is 0.373. The summed E-state index contributed by atoms with van der Waals surface area (Å²) >= 11 is 0. The van der Waals surface area contributed by atoms with Crippen molar-refractivity contribution in [2.45, 2.75) is 4.90 Å². The van der Waals surface area contributed by atoms with Crippen LogP contribution in [0.1, 0.15) is 0 Å². The van der Waals surface area contributed by atoms with Gasteiger partial charge in [-0.1, -0.05) is 0 Å². The Morgan fingerprint density at radius 3 is 2.07 bits per heavy atom. The molecule has 0 unspecified atom stereocenters. The zero-order valence-corrected chi connectivity index (χ0v) is 14.8. The van der Waals surface area contributed by atoms with Gasteiger partial charge >= 0.3 is 0 Å². The third-order valence-corrected chi connectivity index (χ3v) is 4.75. The number of anilines is 2. The molecule has 0 saturated carbocycles. The number of hydrogen-bond donors (Lipinski definition) is 3. The highest BCUT2D eigenvalue weighted by Crippen LogP contribution is 2.31. The van der Waals surface area contributed by atoms with Gasteiger partial charge in [-0.15, -0.1) is 0 Å². The molecular weight excluding hydrogens is 413 g/mol. The van der Waals surface area contributed by atoms with E-state index in [0.717, 1.165) is 12.1 Å². The van der Waals surface area contributed by atoms with E-state index in [1.54, 1.807) is 4.72 Å². The normalized spacial score (nSPS) is 11.2. The van der Waals surface area contributed by atoms with Gasteiger partial charge in [0, 0.05) is 0 Å². The summed E-state index contributed by atoms with van der Waals surface area (Å²) in [6.07, 6.45) is 0. The molecule has 0 bridgehead atoms. The maximum atomic E-state index is 13.8. The van der Waals surface area contributed by atoms with Crippen LogP contribution in [-0.2, 0) is 14.8 Å². The van der Waals surface area contributed by atoms with E-state index in [-0.39, 0.29) is 17.1 Å². The first-order chi connectivity index (χ1) is 13.0. The predicted molar refractivity (Wildman–Crippen MR) is 87.7 cm³/mol. The van der Waals surface area contributed by atoms with Gasteiger partial charge in [0.1, 0.15) is 5.75 Å². The van der Waals surface area contributed by atoms with Crippen LogP contribution < -0.4 is 20.5 Å². The average Bonchev–Trinajstić information content (AvgIpc) is 2.64. The van der Waals surface area contributed by atoms with E-state index in [0.29, 0.717) is 0 Å². The number of nitrogens with one attached hydrogen (secondary N) is 2. The zero-order chi connectivity index (χ0) is 21.2. The average molecular weight is 425 g/mol. The molecule has 2 rings (SSSR count). The van der Waals surface area contributed by atoms with Crippen molar-refractivity contribution in [2.75, 3.05) is 23.7 Å². The number of hydrogen-bond acceptors (Lipinski definition) is 5. The lowest BCUT2D eigenvalue weighted by molar-refractivity contribution is -0.114. The third kappa shape index (κ3) is 3.99. The molecule has 4 N–H and O–H groups in total. The topological polar surface area (TPSA) is 111 Å². The Labute approximate surface area is 155 Å². The van der Waals surface area contributed by atoms with Crippen molar-refractivity contribution >= 4 is 27.3 Å². The van der Waals surface area contributed by atoms with Crippen LogP contribution in [0.15, 0.2) is 23.1 Å². The number of benzene rings is 2. The summed E-state index contributed by atoms with van der Waals surface area (Å²) < 4.78 is 98.3. The lowest BCUT2D eigenvalue weighted by Crippen LogP contribution is -2.22. The number of methoxy groups -OCH3 is 1. The highest BCUT2D eigenvalue weighted by molar-refractivity contribution is 7.92. The largest absolute Gasteiger partial charge is 0.495 e. The van der Waals surface area contributed by atoms with Crippen LogP contribution in [-0.4, -0.2) is 28.0 Å². The fourth-order valence-corrected chi connectivity index (χ4v) is 3.29. The molecule has 13 heteroatoms. The SMILES string of the molecule is COc1ccc(NS(=O)(=O)c2c(F)c(F)c(F)c(F)c2F)cc1NC(=O)CN. The fraction of sp³-hybridized carbons (Fsp3) is 0.133. The molecular formula is C15H12F5N3O4S. The Bertz CT molecular complexity index is 1020. The number of nitrogens with two attached hydrogens (primary N) is 1. The molecule has 0 atom stereocenters. The van der Waals surface area contributed by atoms with Crippen LogP contribution in [0.5, 0.6) is 5.75 Å². The zero-order valence-electron chi connectivity index (χ0n) is 13.9. The predicted octanol–water partition coefficient (Wildman–Crippen LogP) is 2.09. The molecule has 0 aliphatic heterocycles. The van der Waals surface area contributed by atoms with Gasteiger partial charge in [-0.3, -0.25) is 9.52 Å². The summed E-state index contributed by atoms with van der Waals surface area (Å²) in [5, 5.41) is 2.28. The Hall–Kier alpha value is -2.93. The summed E-state index contributed by atoms with van der Waals surface area (Å²) in [4.78, 5) is 9.37. The molecule has 28 heavy (non-hydrogen) atoms. The number of rotatable bonds is 6. The smallest absolute Gasteiger partial charge is 0.267 e. The van der Waals surface area contributed by atoms with Crippen molar-refractivity contribution in [3.8, 4) is 5.75 Å². The molecule has 152 valence electrons. The van der Waals surface area contributed by atoms with Crippen LogP contribution in [0.3, 0.4) is 0 Å². The van der Waals surface area contributed by atoms with Gasteiger partial charge in [0.15, 0.2) is 28.2 Å². The molecule has 0 saturated heterocycles. The first-order valence-electron chi connectivity index (χ1n) is 7.25. The van der Waals surface area contributed by atoms with Crippen molar-refractivity contribution in [3.63, 3.8) is 0 Å². The summed E-state index contributed by atoms with van der Waals surface area (Å²) in [5.74, 6) is -12.9. The lowest BCUT2D eigenvalue weighted by Gasteiger charge is -2.14. The Morgan fingerprint density at radius 1 is 1.04 bits per heavy atom. The second kappa shape index (κ2) is 7.98. The van der Waals surface area contributed by atoms with Gasteiger partial charge < -0.3 is 15.8 Å². The molecule has 0 heterocycles. The molecule has 0 fully saturated rings. The Kier molecular flexibility index (Phi) is 6.09. The molecule has 2 aromatic carbocycles. The first kappa shape index (κ1) is 21.4. The fourth-order valence-electron chi connectivity index (χ4n) is 2.10. The van der Waals surface area contributed by atoms with Crippen molar-refractivity contribution in [3.05, 3.63) is 47.3 Å². The summed E-state index contributed by atoms with van der Waals surface area (Å²) in [6.45, 7) is -0.413. The maximum Gasteiger partial charge on any atom is 0.267 e. The molecule has 7 nitrogen and oxygen atoms in total. The van der Waals surface area contributed by atoms with Crippen molar-refractivity contribution in [2.24, 2.45) is 5.73 Å². The number of carbonyl (C=O) groups is 1. The van der Waals surface area contributed by atoms with Crippen LogP contribution in [0.4, 0.5) is 33.3 Å². The maximum absolute atomic E-state index is 13.8. The van der Waals surface area contributed by atoms with Crippen LogP contribution in [0, 0.1) is 29.1 Å². The van der Waals surface area contributed by atoms with E-state index < -0.39 is 56.5 Å². The Morgan fingerprint density at radius 2 is 1.57 bits per heavy atom. The van der Waals surface area contributed by atoms with Crippen LogP contribution in [0.25, 0.3) is 0 Å². The molecule has 0 aliphatic rings. The number of sulfonamides is 1. The minimum Gasteiger partial charge on any atom is -0.495 e. The number of carbonyl (C=O) groups excluding carboxylic acids is 1. The van der Waals surface area contributed by atoms with E-state index in [2.05, 4.69) is 5.32 Å². The lowest BCUT2D eigenvalue weighted by atomic mass is 10.2. The molecule has 0 radical (unpaired) electrons. The van der Waals surface area contributed by atoms with Gasteiger partial charge in [0.05, 0.1) is 25.0 Å². The van der Waals surface area contributed by atoms with Crippen molar-refractivity contribution in [1.82, 2.24) is 0 Å². The van der Waals surface area contributed by atoms with E-state index in [9.17, 15) is 35.2 Å². The highest BCUT2D eigenvalue weighted by Gasteiger charge is 2.33. The molecule has 0 spiro atoms. The molecule has 2 aromatic rings. The molecule has 0 aliphatic carbocycles. The van der Waals surface area contributed by atoms with Gasteiger partial charge in [0.25, 0.3) is 10.0 Å². The third-order valence-electron chi connectivity index (χ3n) is 3.35. The summed E-state index contributed by atoms with van der Waals surface area (Å²) in [6, 6.07) is 3.25. The van der Waals surface area contributed by atoms with Gasteiger partial charge in [-0.05, 0) is 18.2 Å². The second-order valence-electron chi connectivity index (χ2n) is 5.17. The number of amides is 1. The van der Waals surface area contributed by atoms with Crippen molar-refractivity contribution < 1.29 is 39.9 Å². The summed E-state index contributed by atoms with van der Waals surface area (Å²) in [7, 11) is -3.99. The minimum atomic E-state index is -5.23. The highest BCUT2D eigenvalue weighted by atomic mass is 32.2. The van der Waals surface area contributed by atoms with E-state index >= 15 is 0 Å². The van der Waals surface area contributed by atoms with Gasteiger partial charge in [-0.25, -0.2) is 30.4 Å². The number of halogens is 5. The second-order valence-corrected chi connectivity index (χ2v) is 6.79. The first-order valence-corrected chi connectivity index (χ1v) is 8.74. The molecule has 0 aromatic heterocycles.